The molecule has 39 heavy (non-hydrogen) atoms. The van der Waals surface area contributed by atoms with Crippen LogP contribution >= 0.6 is 0 Å². The summed E-state index contributed by atoms with van der Waals surface area (Å²) in [6.07, 6.45) is 0.851. The molecule has 0 fully saturated rings. The zero-order chi connectivity index (χ0) is 29.0. The molecule has 1 amide bonds. The van der Waals surface area contributed by atoms with E-state index in [9.17, 15) is 15.0 Å². The van der Waals surface area contributed by atoms with Gasteiger partial charge in [-0.2, -0.15) is 10.5 Å². The maximum absolute atomic E-state index is 13.2. The van der Waals surface area contributed by atoms with E-state index in [0.717, 1.165) is 5.56 Å². The van der Waals surface area contributed by atoms with E-state index in [0.29, 0.717) is 27.9 Å². The number of amides is 1. The lowest BCUT2D eigenvalue weighted by Gasteiger charge is -2.28. The van der Waals surface area contributed by atoms with Crippen molar-refractivity contribution in [2.75, 3.05) is 4.90 Å². The fraction of sp³-hybridized carbons (Fsp3) is 0.333. The quantitative estimate of drug-likeness (QED) is 0.397. The predicted octanol–water partition coefficient (Wildman–Crippen LogP) is 5.36. The molecule has 0 aliphatic carbocycles. The zero-order valence-corrected chi connectivity index (χ0v) is 22.9. The molecule has 3 rings (SSSR count). The van der Waals surface area contributed by atoms with Gasteiger partial charge >= 0.3 is 6.09 Å². The van der Waals surface area contributed by atoms with Crippen molar-refractivity contribution in [1.82, 2.24) is 4.98 Å². The van der Waals surface area contributed by atoms with E-state index in [4.69, 9.17) is 20.0 Å². The molecule has 0 radical (unpaired) electrons. The van der Waals surface area contributed by atoms with Crippen LogP contribution < -0.4 is 9.64 Å². The summed E-state index contributed by atoms with van der Waals surface area (Å²) in [5.41, 5.74) is 2.44. The van der Waals surface area contributed by atoms with Crippen LogP contribution in [-0.4, -0.2) is 26.9 Å². The van der Waals surface area contributed by atoms with Crippen molar-refractivity contribution in [3.63, 3.8) is 0 Å². The summed E-state index contributed by atoms with van der Waals surface area (Å²) in [6, 6.07) is 17.5. The number of hydrogen-bond donors (Lipinski definition) is 2. The highest BCUT2D eigenvalue weighted by Gasteiger charge is 2.26. The molecule has 1 aromatic heterocycles. The van der Waals surface area contributed by atoms with Gasteiger partial charge in [-0.05, 0) is 68.3 Å². The summed E-state index contributed by atoms with van der Waals surface area (Å²) in [5, 5.41) is 38.4. The van der Waals surface area contributed by atoms with Crippen LogP contribution in [-0.2, 0) is 31.1 Å². The largest absolute Gasteiger partial charge is 0.487 e. The molecular formula is C30H34N4O5. The molecule has 0 aliphatic rings. The van der Waals surface area contributed by atoms with Crippen molar-refractivity contribution in [2.45, 2.75) is 66.6 Å². The normalized spacial score (nSPS) is 10.4. The van der Waals surface area contributed by atoms with Crippen molar-refractivity contribution in [2.24, 2.45) is 0 Å². The average Bonchev–Trinajstić information content (AvgIpc) is 2.94. The number of aliphatic hydroxyl groups is 2. The number of benzene rings is 2. The van der Waals surface area contributed by atoms with Crippen molar-refractivity contribution in [3.8, 4) is 17.9 Å². The Kier molecular flexibility index (Phi) is 11.4. The lowest BCUT2D eigenvalue weighted by molar-refractivity contribution is 0.0577. The Hall–Kier alpha value is -4.44. The first kappa shape index (κ1) is 30.8. The molecular weight excluding hydrogens is 496 g/mol. The van der Waals surface area contributed by atoms with Gasteiger partial charge in [0.2, 0.25) is 0 Å². The van der Waals surface area contributed by atoms with E-state index in [1.165, 1.54) is 11.1 Å². The van der Waals surface area contributed by atoms with E-state index in [2.05, 4.69) is 11.1 Å². The molecule has 0 aliphatic heterocycles. The molecule has 9 nitrogen and oxygen atoms in total. The van der Waals surface area contributed by atoms with Crippen molar-refractivity contribution in [1.29, 1.82) is 10.5 Å². The summed E-state index contributed by atoms with van der Waals surface area (Å²) in [7, 11) is 0. The van der Waals surface area contributed by atoms with Gasteiger partial charge < -0.3 is 19.7 Å². The van der Waals surface area contributed by atoms with E-state index in [-0.39, 0.29) is 24.6 Å². The number of hydrogen-bond acceptors (Lipinski definition) is 8. The van der Waals surface area contributed by atoms with Crippen LogP contribution in [0.15, 0.2) is 54.7 Å². The van der Waals surface area contributed by atoms with Gasteiger partial charge in [0.05, 0.1) is 43.0 Å². The van der Waals surface area contributed by atoms with E-state index in [1.807, 2.05) is 19.9 Å². The monoisotopic (exact) mass is 530 g/mol. The molecule has 0 atom stereocenters. The third-order valence-corrected chi connectivity index (χ3v) is 5.30. The molecule has 2 N–H and O–H groups in total. The number of nitriles is 2. The predicted molar refractivity (Wildman–Crippen MR) is 146 cm³/mol. The second-order valence-corrected chi connectivity index (χ2v) is 9.18. The van der Waals surface area contributed by atoms with Crippen molar-refractivity contribution < 1.29 is 24.5 Å². The number of carbonyl (C=O) groups is 1. The first-order valence-electron chi connectivity index (χ1n) is 12.5. The molecule has 2 aromatic carbocycles. The van der Waals surface area contributed by atoms with Gasteiger partial charge in [0.1, 0.15) is 23.7 Å². The highest BCUT2D eigenvalue weighted by atomic mass is 16.6. The number of anilines is 1. The van der Waals surface area contributed by atoms with Gasteiger partial charge in [-0.3, -0.25) is 9.88 Å². The summed E-state index contributed by atoms with van der Waals surface area (Å²) < 4.78 is 11.6. The van der Waals surface area contributed by atoms with Crippen molar-refractivity contribution >= 4 is 11.8 Å². The maximum atomic E-state index is 13.2. The number of carbonyl (C=O) groups excluding carboxylic acids is 1. The second kappa shape index (κ2) is 14.5. The molecule has 204 valence electrons. The van der Waals surface area contributed by atoms with Gasteiger partial charge in [0.15, 0.2) is 0 Å². The Morgan fingerprint density at radius 3 is 2.23 bits per heavy atom. The zero-order valence-electron chi connectivity index (χ0n) is 22.9. The number of nitrogens with zero attached hydrogens (tertiary/aromatic N) is 4. The van der Waals surface area contributed by atoms with E-state index < -0.39 is 24.9 Å². The fourth-order valence-corrected chi connectivity index (χ4v) is 3.56. The molecule has 3 aromatic rings. The minimum atomic E-state index is -0.757. The van der Waals surface area contributed by atoms with Gasteiger partial charge in [-0.1, -0.05) is 26.0 Å². The van der Waals surface area contributed by atoms with E-state index in [1.54, 1.807) is 69.3 Å². The second-order valence-electron chi connectivity index (χ2n) is 9.18. The van der Waals surface area contributed by atoms with Crippen molar-refractivity contribution in [3.05, 3.63) is 88.2 Å². The number of pyridine rings is 1. The molecule has 0 unspecified atom stereocenters. The Morgan fingerprint density at radius 2 is 1.67 bits per heavy atom. The third kappa shape index (κ3) is 8.54. The van der Waals surface area contributed by atoms with Crippen LogP contribution in [0.1, 0.15) is 68.1 Å². The number of aromatic nitrogens is 1. The highest BCUT2D eigenvalue weighted by Crippen LogP contribution is 2.30. The van der Waals surface area contributed by atoms with Gasteiger partial charge in [0.25, 0.3) is 0 Å². The Morgan fingerprint density at radius 1 is 1.00 bits per heavy atom. The first-order valence-corrected chi connectivity index (χ1v) is 12.5. The van der Waals surface area contributed by atoms with Crippen LogP contribution in [0.4, 0.5) is 10.5 Å². The molecule has 0 saturated heterocycles. The molecule has 0 spiro atoms. The molecule has 9 heteroatoms. The SMILES string of the molecule is CC.CC(C)(C)OC(=O)N(Cc1cnc(CO)c(OCc2cccc(C#N)c2)c1CO)c1ccc(C#N)cc1. The molecule has 1 heterocycles. The Labute approximate surface area is 229 Å². The van der Waals surface area contributed by atoms with Crippen LogP contribution in [0, 0.1) is 22.7 Å². The van der Waals surface area contributed by atoms with Crippen LogP contribution in [0.5, 0.6) is 5.75 Å². The highest BCUT2D eigenvalue weighted by molar-refractivity contribution is 5.88. The molecule has 0 bridgehead atoms. The minimum absolute atomic E-state index is 0.0182. The van der Waals surface area contributed by atoms with Gasteiger partial charge in [-0.15, -0.1) is 0 Å². The number of ether oxygens (including phenoxy) is 2. The summed E-state index contributed by atoms with van der Waals surface area (Å²) >= 11 is 0. The summed E-state index contributed by atoms with van der Waals surface area (Å²) in [5.74, 6) is 0.203. The minimum Gasteiger partial charge on any atom is -0.487 e. The molecule has 0 saturated carbocycles. The maximum Gasteiger partial charge on any atom is 0.415 e. The third-order valence-electron chi connectivity index (χ3n) is 5.30. The summed E-state index contributed by atoms with van der Waals surface area (Å²) in [6.45, 7) is 8.46. The first-order chi connectivity index (χ1) is 18.7. The van der Waals surface area contributed by atoms with Crippen LogP contribution in [0.25, 0.3) is 0 Å². The average molecular weight is 531 g/mol. The topological polar surface area (TPSA) is 140 Å². The Balaban J connectivity index is 0.00000260. The standard InChI is InChI=1S/C28H28N4O5.C2H6/c1-28(2,3)37-27(35)32(23-9-7-19(12-29)8-10-23)15-22-14-31-25(17-34)26(24(22)16-33)36-18-21-6-4-5-20(11-21)13-30;1-2/h4-11,14,33-34H,15-18H2,1-3H3;1-2H3. The number of aliphatic hydroxyl groups excluding tert-OH is 2. The van der Waals surface area contributed by atoms with E-state index >= 15 is 0 Å². The van der Waals surface area contributed by atoms with Crippen LogP contribution in [0.3, 0.4) is 0 Å². The van der Waals surface area contributed by atoms with Crippen LogP contribution in [0.2, 0.25) is 0 Å². The Bertz CT molecular complexity index is 1340. The smallest absolute Gasteiger partial charge is 0.415 e. The number of rotatable bonds is 8. The lowest BCUT2D eigenvalue weighted by Crippen LogP contribution is -2.36. The lowest BCUT2D eigenvalue weighted by atomic mass is 10.1. The summed E-state index contributed by atoms with van der Waals surface area (Å²) in [4.78, 5) is 18.8. The van der Waals surface area contributed by atoms with Gasteiger partial charge in [-0.25, -0.2) is 4.79 Å². The van der Waals surface area contributed by atoms with Gasteiger partial charge in [0, 0.05) is 17.4 Å². The fourth-order valence-electron chi connectivity index (χ4n) is 3.56.